The number of hydrogen-bond acceptors (Lipinski definition) is 4. The summed E-state index contributed by atoms with van der Waals surface area (Å²) in [4.78, 5) is 11.9. The number of carbonyl (C=O) groups is 1. The SMILES string of the molecule is CCCCOCc1nn(C(C)c2ccc(C3CC3)cc2)c(N)c1C(N)=O. The summed E-state index contributed by atoms with van der Waals surface area (Å²) in [6.45, 7) is 4.98. The predicted molar refractivity (Wildman–Crippen MR) is 102 cm³/mol. The summed E-state index contributed by atoms with van der Waals surface area (Å²) >= 11 is 0. The maximum Gasteiger partial charge on any atom is 0.254 e. The predicted octanol–water partition coefficient (Wildman–Crippen LogP) is 3.37. The molecule has 1 aromatic heterocycles. The van der Waals surface area contributed by atoms with Crippen LogP contribution in [0.4, 0.5) is 5.82 Å². The topological polar surface area (TPSA) is 96.2 Å². The van der Waals surface area contributed by atoms with Gasteiger partial charge in [-0.1, -0.05) is 37.6 Å². The molecule has 1 amide bonds. The first kappa shape index (κ1) is 18.5. The van der Waals surface area contributed by atoms with Crippen molar-refractivity contribution in [3.8, 4) is 0 Å². The van der Waals surface area contributed by atoms with Gasteiger partial charge in [0, 0.05) is 6.61 Å². The average molecular weight is 356 g/mol. The summed E-state index contributed by atoms with van der Waals surface area (Å²) in [6.07, 6.45) is 4.58. The molecule has 140 valence electrons. The Morgan fingerprint density at radius 3 is 2.62 bits per heavy atom. The minimum absolute atomic E-state index is 0.0919. The minimum atomic E-state index is -0.570. The van der Waals surface area contributed by atoms with E-state index < -0.39 is 5.91 Å². The van der Waals surface area contributed by atoms with Crippen LogP contribution in [0.3, 0.4) is 0 Å². The average Bonchev–Trinajstić information content (AvgIpc) is 3.42. The highest BCUT2D eigenvalue weighted by Gasteiger charge is 2.25. The molecule has 0 aliphatic heterocycles. The van der Waals surface area contributed by atoms with Gasteiger partial charge in [0.1, 0.15) is 17.1 Å². The molecule has 1 aromatic carbocycles. The molecular weight excluding hydrogens is 328 g/mol. The van der Waals surface area contributed by atoms with Crippen LogP contribution in [0.1, 0.15) is 78.7 Å². The number of primary amides is 1. The fourth-order valence-electron chi connectivity index (χ4n) is 3.18. The molecule has 4 N–H and O–H groups in total. The molecule has 26 heavy (non-hydrogen) atoms. The zero-order valence-electron chi connectivity index (χ0n) is 15.6. The van der Waals surface area contributed by atoms with Crippen LogP contribution >= 0.6 is 0 Å². The first-order valence-corrected chi connectivity index (χ1v) is 9.37. The fraction of sp³-hybridized carbons (Fsp3) is 0.500. The standard InChI is InChI=1S/C20H28N4O2/c1-3-4-11-26-12-17-18(20(22)25)19(21)24(23-17)13(2)14-5-7-15(8-6-14)16-9-10-16/h5-8,13,16H,3-4,9-12,21H2,1-2H3,(H2,22,25). The van der Waals surface area contributed by atoms with Crippen molar-refractivity contribution in [1.82, 2.24) is 9.78 Å². The third-order valence-electron chi connectivity index (χ3n) is 4.98. The van der Waals surface area contributed by atoms with Crippen LogP contribution in [0.15, 0.2) is 24.3 Å². The van der Waals surface area contributed by atoms with Crippen molar-refractivity contribution in [2.45, 2.75) is 58.1 Å². The number of nitrogens with zero attached hydrogens (tertiary/aromatic N) is 2. The Balaban J connectivity index is 1.82. The van der Waals surface area contributed by atoms with Gasteiger partial charge in [0.25, 0.3) is 5.91 Å². The Morgan fingerprint density at radius 1 is 1.35 bits per heavy atom. The fourth-order valence-corrected chi connectivity index (χ4v) is 3.18. The third kappa shape index (κ3) is 3.90. The van der Waals surface area contributed by atoms with Gasteiger partial charge in [0.15, 0.2) is 0 Å². The van der Waals surface area contributed by atoms with Crippen molar-refractivity contribution in [2.75, 3.05) is 12.3 Å². The number of nitrogen functional groups attached to an aromatic ring is 1. The zero-order chi connectivity index (χ0) is 18.7. The van der Waals surface area contributed by atoms with Crippen LogP contribution < -0.4 is 11.5 Å². The number of unbranched alkanes of at least 4 members (excludes halogenated alkanes) is 1. The van der Waals surface area contributed by atoms with Gasteiger partial charge in [-0.3, -0.25) is 4.79 Å². The Bertz CT molecular complexity index is 763. The molecule has 0 radical (unpaired) electrons. The van der Waals surface area contributed by atoms with Crippen molar-refractivity contribution in [1.29, 1.82) is 0 Å². The van der Waals surface area contributed by atoms with Gasteiger partial charge < -0.3 is 16.2 Å². The molecule has 0 spiro atoms. The number of ether oxygens (including phenoxy) is 1. The Labute approximate surface area is 154 Å². The van der Waals surface area contributed by atoms with Gasteiger partial charge in [-0.25, -0.2) is 4.68 Å². The van der Waals surface area contributed by atoms with Gasteiger partial charge in [0.2, 0.25) is 0 Å². The second kappa shape index (κ2) is 7.91. The Morgan fingerprint density at radius 2 is 2.04 bits per heavy atom. The highest BCUT2D eigenvalue weighted by Crippen LogP contribution is 2.40. The molecule has 6 nitrogen and oxygen atoms in total. The maximum absolute atomic E-state index is 11.9. The summed E-state index contributed by atoms with van der Waals surface area (Å²) < 4.78 is 7.29. The highest BCUT2D eigenvalue weighted by molar-refractivity contribution is 5.98. The van der Waals surface area contributed by atoms with Crippen molar-refractivity contribution < 1.29 is 9.53 Å². The van der Waals surface area contributed by atoms with E-state index in [9.17, 15) is 4.79 Å². The largest absolute Gasteiger partial charge is 0.383 e. The van der Waals surface area contributed by atoms with Crippen LogP contribution in [0, 0.1) is 0 Å². The number of benzene rings is 1. The molecular formula is C20H28N4O2. The minimum Gasteiger partial charge on any atom is -0.383 e. The van der Waals surface area contributed by atoms with E-state index in [0.717, 1.165) is 24.3 Å². The number of amides is 1. The van der Waals surface area contributed by atoms with Crippen LogP contribution in [0.5, 0.6) is 0 Å². The molecule has 1 saturated carbocycles. The third-order valence-corrected chi connectivity index (χ3v) is 4.98. The highest BCUT2D eigenvalue weighted by atomic mass is 16.5. The number of aromatic nitrogens is 2. The molecule has 3 rings (SSSR count). The summed E-state index contributed by atoms with van der Waals surface area (Å²) in [7, 11) is 0. The number of carbonyl (C=O) groups excluding carboxylic acids is 1. The molecule has 0 bridgehead atoms. The van der Waals surface area contributed by atoms with Crippen molar-refractivity contribution in [3.05, 3.63) is 46.6 Å². The smallest absolute Gasteiger partial charge is 0.254 e. The molecule has 2 aromatic rings. The molecule has 1 aliphatic rings. The molecule has 0 saturated heterocycles. The number of anilines is 1. The van der Waals surface area contributed by atoms with E-state index in [1.54, 1.807) is 4.68 Å². The molecule has 1 heterocycles. The number of nitrogens with two attached hydrogens (primary N) is 2. The van der Waals surface area contributed by atoms with E-state index in [1.165, 1.54) is 18.4 Å². The Kier molecular flexibility index (Phi) is 5.61. The summed E-state index contributed by atoms with van der Waals surface area (Å²) in [5, 5.41) is 4.54. The molecule has 1 atom stereocenters. The first-order valence-electron chi connectivity index (χ1n) is 9.37. The monoisotopic (exact) mass is 356 g/mol. The van der Waals surface area contributed by atoms with Gasteiger partial charge >= 0.3 is 0 Å². The zero-order valence-corrected chi connectivity index (χ0v) is 15.6. The van der Waals surface area contributed by atoms with Crippen molar-refractivity contribution in [2.24, 2.45) is 5.73 Å². The van der Waals surface area contributed by atoms with Crippen LogP contribution in [-0.4, -0.2) is 22.3 Å². The van der Waals surface area contributed by atoms with E-state index in [2.05, 4.69) is 36.3 Å². The molecule has 1 unspecified atom stereocenters. The lowest BCUT2D eigenvalue weighted by atomic mass is 10.0. The van der Waals surface area contributed by atoms with E-state index >= 15 is 0 Å². The van der Waals surface area contributed by atoms with E-state index in [4.69, 9.17) is 16.2 Å². The summed E-state index contributed by atoms with van der Waals surface area (Å²) in [5.41, 5.74) is 15.0. The normalized spacial score (nSPS) is 15.2. The molecule has 6 heteroatoms. The van der Waals surface area contributed by atoms with E-state index in [-0.39, 0.29) is 18.2 Å². The quantitative estimate of drug-likeness (QED) is 0.673. The van der Waals surface area contributed by atoms with Crippen LogP contribution in [0.2, 0.25) is 0 Å². The van der Waals surface area contributed by atoms with Crippen molar-refractivity contribution >= 4 is 11.7 Å². The van der Waals surface area contributed by atoms with E-state index in [0.29, 0.717) is 18.1 Å². The lowest BCUT2D eigenvalue weighted by molar-refractivity contribution is 0.0980. The van der Waals surface area contributed by atoms with Crippen LogP contribution in [0.25, 0.3) is 0 Å². The second-order valence-electron chi connectivity index (χ2n) is 7.04. The maximum atomic E-state index is 11.9. The first-order chi connectivity index (χ1) is 12.5. The van der Waals surface area contributed by atoms with Crippen LogP contribution in [-0.2, 0) is 11.3 Å². The van der Waals surface area contributed by atoms with Gasteiger partial charge in [0.05, 0.1) is 12.6 Å². The lowest BCUT2D eigenvalue weighted by Crippen LogP contribution is -2.16. The number of hydrogen-bond donors (Lipinski definition) is 2. The summed E-state index contributed by atoms with van der Waals surface area (Å²) in [5.74, 6) is 0.451. The van der Waals surface area contributed by atoms with E-state index in [1.807, 2.05) is 6.92 Å². The Hall–Kier alpha value is -2.34. The molecule has 1 aliphatic carbocycles. The second-order valence-corrected chi connectivity index (χ2v) is 7.04. The van der Waals surface area contributed by atoms with Crippen molar-refractivity contribution in [3.63, 3.8) is 0 Å². The lowest BCUT2D eigenvalue weighted by Gasteiger charge is -2.15. The number of rotatable bonds is 9. The molecule has 1 fully saturated rings. The summed E-state index contributed by atoms with van der Waals surface area (Å²) in [6, 6.07) is 8.48. The van der Waals surface area contributed by atoms with Gasteiger partial charge in [-0.05, 0) is 43.2 Å². The van der Waals surface area contributed by atoms with Gasteiger partial charge in [-0.2, -0.15) is 5.10 Å². The van der Waals surface area contributed by atoms with Gasteiger partial charge in [-0.15, -0.1) is 0 Å².